The summed E-state index contributed by atoms with van der Waals surface area (Å²) < 4.78 is 38.2. The van der Waals surface area contributed by atoms with Gasteiger partial charge in [0.05, 0.1) is 5.56 Å². The van der Waals surface area contributed by atoms with Crippen molar-refractivity contribution in [3.63, 3.8) is 0 Å². The van der Waals surface area contributed by atoms with E-state index in [0.717, 1.165) is 41.7 Å². The number of rotatable bonds is 6. The second-order valence-corrected chi connectivity index (χ2v) is 6.18. The van der Waals surface area contributed by atoms with E-state index >= 15 is 0 Å². The normalized spacial score (nSPS) is 14.6. The summed E-state index contributed by atoms with van der Waals surface area (Å²) in [7, 11) is 0. The Morgan fingerprint density at radius 1 is 1.04 bits per heavy atom. The molecule has 0 atom stereocenters. The Labute approximate surface area is 152 Å². The van der Waals surface area contributed by atoms with Gasteiger partial charge in [0.1, 0.15) is 0 Å². The number of halogens is 3. The Bertz CT molecular complexity index is 803. The van der Waals surface area contributed by atoms with Crippen molar-refractivity contribution in [3.8, 4) is 0 Å². The largest absolute Gasteiger partial charge is 0.416 e. The number of hydrogen-bond acceptors (Lipinski definition) is 1. The smallest absolute Gasteiger partial charge is 0.356 e. The van der Waals surface area contributed by atoms with Crippen molar-refractivity contribution in [1.29, 1.82) is 0 Å². The van der Waals surface area contributed by atoms with Crippen LogP contribution >= 0.6 is 0 Å². The highest BCUT2D eigenvalue weighted by molar-refractivity contribution is 5.67. The van der Waals surface area contributed by atoms with Crippen molar-refractivity contribution in [2.45, 2.75) is 25.9 Å². The highest BCUT2D eigenvalue weighted by Crippen LogP contribution is 2.30. The van der Waals surface area contributed by atoms with Crippen molar-refractivity contribution in [1.82, 2.24) is 5.32 Å². The van der Waals surface area contributed by atoms with Gasteiger partial charge >= 0.3 is 6.18 Å². The molecule has 0 spiro atoms. The Hall–Kier alpha value is -2.75. The zero-order valence-electron chi connectivity index (χ0n) is 14.8. The predicted molar refractivity (Wildman–Crippen MR) is 102 cm³/mol. The Kier molecular flexibility index (Phi) is 6.09. The molecular weight excluding hydrogens is 335 g/mol. The molecule has 0 saturated carbocycles. The van der Waals surface area contributed by atoms with Gasteiger partial charge in [0, 0.05) is 17.0 Å². The summed E-state index contributed by atoms with van der Waals surface area (Å²) in [5.74, 6) is 0. The first-order chi connectivity index (χ1) is 12.2. The fraction of sp³-hybridized carbons (Fsp3) is 0.182. The van der Waals surface area contributed by atoms with Gasteiger partial charge in [-0.1, -0.05) is 50.1 Å². The van der Waals surface area contributed by atoms with Crippen LogP contribution in [0.2, 0.25) is 0 Å². The molecule has 4 heteroatoms. The Balaban J connectivity index is 2.37. The number of benzene rings is 1. The lowest BCUT2D eigenvalue weighted by molar-refractivity contribution is -0.137. The van der Waals surface area contributed by atoms with Crippen molar-refractivity contribution in [2.24, 2.45) is 0 Å². The van der Waals surface area contributed by atoms with Gasteiger partial charge in [-0.3, -0.25) is 0 Å². The van der Waals surface area contributed by atoms with E-state index in [1.165, 1.54) is 12.1 Å². The molecule has 136 valence electrons. The van der Waals surface area contributed by atoms with Gasteiger partial charge in [-0.15, -0.1) is 0 Å². The second-order valence-electron chi connectivity index (χ2n) is 6.18. The lowest BCUT2D eigenvalue weighted by atomic mass is 9.95. The van der Waals surface area contributed by atoms with Crippen molar-refractivity contribution in [2.75, 3.05) is 0 Å². The van der Waals surface area contributed by atoms with Crippen LogP contribution in [0.1, 0.15) is 30.9 Å². The van der Waals surface area contributed by atoms with E-state index in [2.05, 4.69) is 37.2 Å². The zero-order chi connectivity index (χ0) is 19.3. The van der Waals surface area contributed by atoms with E-state index in [4.69, 9.17) is 0 Å². The Morgan fingerprint density at radius 2 is 1.69 bits per heavy atom. The topological polar surface area (TPSA) is 12.0 Å². The molecule has 0 unspecified atom stereocenters. The van der Waals surface area contributed by atoms with Crippen molar-refractivity contribution in [3.05, 3.63) is 101 Å². The molecule has 0 saturated heterocycles. The first-order valence-electron chi connectivity index (χ1n) is 8.25. The first-order valence-corrected chi connectivity index (χ1v) is 8.25. The van der Waals surface area contributed by atoms with E-state index in [-0.39, 0.29) is 0 Å². The molecule has 0 bridgehead atoms. The van der Waals surface area contributed by atoms with Gasteiger partial charge in [0.25, 0.3) is 0 Å². The maximum atomic E-state index is 12.7. The van der Waals surface area contributed by atoms with Crippen LogP contribution in [0.5, 0.6) is 0 Å². The number of allylic oxidation sites excluding steroid dienone is 5. The van der Waals surface area contributed by atoms with Crippen LogP contribution in [0.25, 0.3) is 6.08 Å². The molecule has 0 aromatic heterocycles. The maximum Gasteiger partial charge on any atom is 0.416 e. The fourth-order valence-electron chi connectivity index (χ4n) is 2.45. The quantitative estimate of drug-likeness (QED) is 0.569. The third-order valence-corrected chi connectivity index (χ3v) is 4.00. The summed E-state index contributed by atoms with van der Waals surface area (Å²) in [4.78, 5) is 0. The standard InChI is InChI=1S/C22H22F3N/c1-15(2)16(3)26-17(4)21(19-8-6-5-7-9-19)14-18-10-12-20(13-11-18)22(23,24)25/h6,8-14,26H,1,3-5,7H2,2H3/b21-14+. The molecule has 26 heavy (non-hydrogen) atoms. The summed E-state index contributed by atoms with van der Waals surface area (Å²) in [6.45, 7) is 13.6. The molecule has 0 radical (unpaired) electrons. The molecule has 0 heterocycles. The minimum atomic E-state index is -4.34. The summed E-state index contributed by atoms with van der Waals surface area (Å²) >= 11 is 0. The SMILES string of the molecule is C=C(C)C(=C)NC(=C)/C(=C\c1ccc(C(F)(F)F)cc1)C1=CCCC=C1. The molecule has 1 aliphatic rings. The third kappa shape index (κ3) is 5.12. The van der Waals surface area contributed by atoms with Gasteiger partial charge < -0.3 is 5.32 Å². The minimum Gasteiger partial charge on any atom is -0.356 e. The van der Waals surface area contributed by atoms with Crippen LogP contribution in [-0.4, -0.2) is 0 Å². The maximum absolute atomic E-state index is 12.7. The average molecular weight is 357 g/mol. The number of alkyl halides is 3. The van der Waals surface area contributed by atoms with Crippen molar-refractivity contribution < 1.29 is 13.2 Å². The molecular formula is C22H22F3N. The number of nitrogens with one attached hydrogen (secondary N) is 1. The Morgan fingerprint density at radius 3 is 2.19 bits per heavy atom. The van der Waals surface area contributed by atoms with Crippen LogP contribution in [0.4, 0.5) is 13.2 Å². The van der Waals surface area contributed by atoms with E-state index in [9.17, 15) is 13.2 Å². The lowest BCUT2D eigenvalue weighted by Crippen LogP contribution is -2.14. The minimum absolute atomic E-state index is 0.621. The van der Waals surface area contributed by atoms with Gasteiger partial charge in [0.15, 0.2) is 0 Å². The molecule has 1 aliphatic carbocycles. The van der Waals surface area contributed by atoms with Gasteiger partial charge in [-0.2, -0.15) is 13.2 Å². The highest BCUT2D eigenvalue weighted by Gasteiger charge is 2.29. The van der Waals surface area contributed by atoms with E-state index in [0.29, 0.717) is 17.0 Å². The van der Waals surface area contributed by atoms with E-state index < -0.39 is 11.7 Å². The van der Waals surface area contributed by atoms with Gasteiger partial charge in [-0.25, -0.2) is 0 Å². The molecule has 2 rings (SSSR count). The molecule has 1 aromatic carbocycles. The molecule has 0 amide bonds. The van der Waals surface area contributed by atoms with E-state index in [1.54, 1.807) is 0 Å². The van der Waals surface area contributed by atoms with E-state index in [1.807, 2.05) is 19.1 Å². The summed E-state index contributed by atoms with van der Waals surface area (Å²) in [5, 5.41) is 3.12. The summed E-state index contributed by atoms with van der Waals surface area (Å²) in [5.41, 5.74) is 3.83. The zero-order valence-corrected chi connectivity index (χ0v) is 14.8. The van der Waals surface area contributed by atoms with Gasteiger partial charge in [-0.05, 0) is 54.7 Å². The third-order valence-electron chi connectivity index (χ3n) is 4.00. The molecule has 1 nitrogen and oxygen atoms in total. The first kappa shape index (κ1) is 19.6. The second kappa shape index (κ2) is 8.09. The average Bonchev–Trinajstić information content (AvgIpc) is 2.59. The molecule has 0 aliphatic heterocycles. The molecule has 1 aromatic rings. The van der Waals surface area contributed by atoms with Crippen LogP contribution in [0.15, 0.2) is 90.3 Å². The van der Waals surface area contributed by atoms with Crippen LogP contribution in [0.3, 0.4) is 0 Å². The van der Waals surface area contributed by atoms with Gasteiger partial charge in [0.2, 0.25) is 0 Å². The fourth-order valence-corrected chi connectivity index (χ4v) is 2.45. The summed E-state index contributed by atoms with van der Waals surface area (Å²) in [6.07, 6.45) is 5.51. The molecule has 1 N–H and O–H groups in total. The highest BCUT2D eigenvalue weighted by atomic mass is 19.4. The monoisotopic (exact) mass is 357 g/mol. The number of hydrogen-bond donors (Lipinski definition) is 1. The van der Waals surface area contributed by atoms with Crippen LogP contribution < -0.4 is 5.32 Å². The summed E-state index contributed by atoms with van der Waals surface area (Å²) in [6, 6.07) is 5.07. The van der Waals surface area contributed by atoms with Crippen LogP contribution in [-0.2, 0) is 6.18 Å². The predicted octanol–water partition coefficient (Wildman–Crippen LogP) is 6.56. The molecule has 0 fully saturated rings. The van der Waals surface area contributed by atoms with Crippen LogP contribution in [0, 0.1) is 0 Å². The van der Waals surface area contributed by atoms with Crippen molar-refractivity contribution >= 4 is 6.08 Å². The lowest BCUT2D eigenvalue weighted by Gasteiger charge is -2.18.